The Kier molecular flexibility index (Phi) is 3.70. The highest BCUT2D eigenvalue weighted by atomic mass is 16.5. The minimum atomic E-state index is -0.223. The molecule has 2 N–H and O–H groups in total. The highest BCUT2D eigenvalue weighted by Gasteiger charge is 2.12. The molecule has 1 amide bonds. The maximum Gasteiger partial charge on any atom is 0.272 e. The van der Waals surface area contributed by atoms with Gasteiger partial charge in [-0.2, -0.15) is 0 Å². The number of fused-ring (bicyclic) bond motifs is 1. The molecular formula is C17H16N2O3. The van der Waals surface area contributed by atoms with Gasteiger partial charge in [-0.15, -0.1) is 0 Å². The quantitative estimate of drug-likeness (QED) is 0.775. The molecule has 5 heteroatoms. The fraction of sp³-hybridized carbons (Fsp3) is 0.118. The molecule has 0 fully saturated rings. The van der Waals surface area contributed by atoms with Gasteiger partial charge in [-0.1, -0.05) is 12.1 Å². The molecule has 5 nitrogen and oxygen atoms in total. The van der Waals surface area contributed by atoms with E-state index in [-0.39, 0.29) is 5.91 Å². The summed E-state index contributed by atoms with van der Waals surface area (Å²) in [5.74, 6) is 1.14. The van der Waals surface area contributed by atoms with Gasteiger partial charge in [-0.3, -0.25) is 4.79 Å². The van der Waals surface area contributed by atoms with Crippen molar-refractivity contribution < 1.29 is 14.3 Å². The lowest BCUT2D eigenvalue weighted by atomic mass is 10.2. The van der Waals surface area contributed by atoms with E-state index in [4.69, 9.17) is 9.47 Å². The molecule has 22 heavy (non-hydrogen) atoms. The van der Waals surface area contributed by atoms with Gasteiger partial charge in [0.2, 0.25) is 0 Å². The number of para-hydroxylation sites is 2. The minimum Gasteiger partial charge on any atom is -0.497 e. The Labute approximate surface area is 127 Å². The van der Waals surface area contributed by atoms with E-state index in [2.05, 4.69) is 10.3 Å². The molecule has 0 aliphatic heterocycles. The van der Waals surface area contributed by atoms with E-state index >= 15 is 0 Å². The average Bonchev–Trinajstić information content (AvgIpc) is 2.98. The number of anilines is 1. The van der Waals surface area contributed by atoms with Crippen LogP contribution in [0.5, 0.6) is 11.5 Å². The van der Waals surface area contributed by atoms with E-state index in [0.29, 0.717) is 17.1 Å². The number of hydrogen-bond acceptors (Lipinski definition) is 3. The number of H-pyrrole nitrogens is 1. The Bertz CT molecular complexity index is 824. The molecule has 1 heterocycles. The van der Waals surface area contributed by atoms with Crippen LogP contribution in [0.25, 0.3) is 10.9 Å². The number of aromatic amines is 1. The Balaban J connectivity index is 1.88. The van der Waals surface area contributed by atoms with Crippen molar-refractivity contribution in [3.8, 4) is 11.5 Å². The summed E-state index contributed by atoms with van der Waals surface area (Å²) < 4.78 is 10.4. The zero-order valence-electron chi connectivity index (χ0n) is 12.3. The van der Waals surface area contributed by atoms with Crippen molar-refractivity contribution in [2.45, 2.75) is 0 Å². The van der Waals surface area contributed by atoms with Gasteiger partial charge in [0.1, 0.15) is 17.2 Å². The van der Waals surface area contributed by atoms with E-state index in [9.17, 15) is 4.79 Å². The maximum atomic E-state index is 12.4. The first-order valence-corrected chi connectivity index (χ1v) is 6.82. The first-order valence-electron chi connectivity index (χ1n) is 6.82. The number of aromatic nitrogens is 1. The normalized spacial score (nSPS) is 10.5. The molecule has 0 aliphatic rings. The molecule has 1 aromatic heterocycles. The van der Waals surface area contributed by atoms with Gasteiger partial charge >= 0.3 is 0 Å². The average molecular weight is 296 g/mol. The van der Waals surface area contributed by atoms with E-state index < -0.39 is 0 Å². The van der Waals surface area contributed by atoms with Crippen molar-refractivity contribution in [2.75, 3.05) is 19.5 Å². The Morgan fingerprint density at radius 2 is 1.86 bits per heavy atom. The van der Waals surface area contributed by atoms with Gasteiger partial charge in [0.05, 0.1) is 19.9 Å². The number of rotatable bonds is 4. The molecule has 0 radical (unpaired) electrons. The van der Waals surface area contributed by atoms with Crippen LogP contribution in [0.2, 0.25) is 0 Å². The molecule has 2 aromatic carbocycles. The molecule has 3 aromatic rings. The summed E-state index contributed by atoms with van der Waals surface area (Å²) in [6, 6.07) is 14.7. The third kappa shape index (κ3) is 2.61. The third-order valence-corrected chi connectivity index (χ3v) is 3.43. The van der Waals surface area contributed by atoms with Crippen LogP contribution in [-0.2, 0) is 0 Å². The van der Waals surface area contributed by atoms with Gasteiger partial charge in [0.15, 0.2) is 0 Å². The molecule has 0 saturated carbocycles. The van der Waals surface area contributed by atoms with Crippen LogP contribution in [0.3, 0.4) is 0 Å². The summed E-state index contributed by atoms with van der Waals surface area (Å²) in [6.07, 6.45) is 0. The van der Waals surface area contributed by atoms with Crippen molar-refractivity contribution in [3.05, 3.63) is 54.2 Å². The molecule has 0 aliphatic carbocycles. The van der Waals surface area contributed by atoms with E-state index in [1.165, 1.54) is 0 Å². The van der Waals surface area contributed by atoms with E-state index in [1.807, 2.05) is 30.3 Å². The van der Waals surface area contributed by atoms with Crippen LogP contribution in [0.15, 0.2) is 48.5 Å². The standard InChI is InChI=1S/C17H16N2O3/c1-21-12-8-7-11-9-15(18-14(11)10-12)17(20)19-13-5-3-4-6-16(13)22-2/h3-10,18H,1-2H3,(H,19,20). The highest BCUT2D eigenvalue weighted by Crippen LogP contribution is 2.25. The van der Waals surface area contributed by atoms with Gasteiger partial charge in [0.25, 0.3) is 5.91 Å². The summed E-state index contributed by atoms with van der Waals surface area (Å²) in [6.45, 7) is 0. The number of carbonyl (C=O) groups excluding carboxylic acids is 1. The Hall–Kier alpha value is -2.95. The largest absolute Gasteiger partial charge is 0.497 e. The smallest absolute Gasteiger partial charge is 0.272 e. The molecule has 0 unspecified atom stereocenters. The van der Waals surface area contributed by atoms with Crippen LogP contribution >= 0.6 is 0 Å². The van der Waals surface area contributed by atoms with Crippen molar-refractivity contribution in [2.24, 2.45) is 0 Å². The predicted octanol–water partition coefficient (Wildman–Crippen LogP) is 3.44. The lowest BCUT2D eigenvalue weighted by molar-refractivity contribution is 0.102. The fourth-order valence-corrected chi connectivity index (χ4v) is 2.29. The summed E-state index contributed by atoms with van der Waals surface area (Å²) in [4.78, 5) is 15.5. The maximum absolute atomic E-state index is 12.4. The highest BCUT2D eigenvalue weighted by molar-refractivity contribution is 6.06. The summed E-state index contributed by atoms with van der Waals surface area (Å²) in [5.41, 5.74) is 1.96. The molecule has 0 bridgehead atoms. The van der Waals surface area contributed by atoms with Gasteiger partial charge in [-0.25, -0.2) is 0 Å². The first kappa shape index (κ1) is 14.0. The Morgan fingerprint density at radius 3 is 2.64 bits per heavy atom. The number of carbonyl (C=O) groups is 1. The summed E-state index contributed by atoms with van der Waals surface area (Å²) in [7, 11) is 3.18. The number of nitrogens with one attached hydrogen (secondary N) is 2. The predicted molar refractivity (Wildman–Crippen MR) is 85.8 cm³/mol. The van der Waals surface area contributed by atoms with Crippen molar-refractivity contribution in [1.29, 1.82) is 0 Å². The van der Waals surface area contributed by atoms with Gasteiger partial charge < -0.3 is 19.8 Å². The monoisotopic (exact) mass is 296 g/mol. The van der Waals surface area contributed by atoms with Crippen LogP contribution in [0.1, 0.15) is 10.5 Å². The van der Waals surface area contributed by atoms with Crippen molar-refractivity contribution in [1.82, 2.24) is 4.98 Å². The third-order valence-electron chi connectivity index (χ3n) is 3.43. The zero-order valence-corrected chi connectivity index (χ0v) is 12.3. The fourth-order valence-electron chi connectivity index (χ4n) is 2.29. The van der Waals surface area contributed by atoms with Gasteiger partial charge in [0, 0.05) is 17.0 Å². The van der Waals surface area contributed by atoms with E-state index in [1.54, 1.807) is 32.4 Å². The lowest BCUT2D eigenvalue weighted by Gasteiger charge is -2.08. The number of methoxy groups -OCH3 is 2. The first-order chi connectivity index (χ1) is 10.7. The summed E-state index contributed by atoms with van der Waals surface area (Å²) in [5, 5.41) is 3.79. The number of benzene rings is 2. The second kappa shape index (κ2) is 5.81. The summed E-state index contributed by atoms with van der Waals surface area (Å²) >= 11 is 0. The molecular weight excluding hydrogens is 280 g/mol. The SMILES string of the molecule is COc1ccc2cc(C(=O)Nc3ccccc3OC)[nH]c2c1. The number of ether oxygens (including phenoxy) is 2. The lowest BCUT2D eigenvalue weighted by Crippen LogP contribution is -2.12. The molecule has 3 rings (SSSR count). The van der Waals surface area contributed by atoms with Crippen LogP contribution in [0, 0.1) is 0 Å². The number of hydrogen-bond donors (Lipinski definition) is 2. The van der Waals surface area contributed by atoms with Gasteiger partial charge in [-0.05, 0) is 30.3 Å². The molecule has 0 atom stereocenters. The Morgan fingerprint density at radius 1 is 1.05 bits per heavy atom. The topological polar surface area (TPSA) is 63.4 Å². The van der Waals surface area contributed by atoms with Crippen LogP contribution in [0.4, 0.5) is 5.69 Å². The van der Waals surface area contributed by atoms with Crippen molar-refractivity contribution in [3.63, 3.8) is 0 Å². The molecule has 0 spiro atoms. The number of amides is 1. The van der Waals surface area contributed by atoms with Crippen LogP contribution in [-0.4, -0.2) is 25.1 Å². The molecule has 0 saturated heterocycles. The minimum absolute atomic E-state index is 0.223. The van der Waals surface area contributed by atoms with E-state index in [0.717, 1.165) is 16.7 Å². The second-order valence-electron chi connectivity index (χ2n) is 4.79. The zero-order chi connectivity index (χ0) is 15.5. The van der Waals surface area contributed by atoms with Crippen LogP contribution < -0.4 is 14.8 Å². The van der Waals surface area contributed by atoms with Crippen molar-refractivity contribution >= 4 is 22.5 Å². The second-order valence-corrected chi connectivity index (χ2v) is 4.79. The molecule has 112 valence electrons.